The zero-order valence-electron chi connectivity index (χ0n) is 15.9. The third kappa shape index (κ3) is 3.98. The van der Waals surface area contributed by atoms with E-state index in [0.29, 0.717) is 18.0 Å². The number of rotatable bonds is 4. The molecule has 0 saturated carbocycles. The zero-order chi connectivity index (χ0) is 18.8. The fourth-order valence-corrected chi connectivity index (χ4v) is 3.83. The average Bonchev–Trinajstić information content (AvgIpc) is 2.72. The first-order chi connectivity index (χ1) is 13.2. The maximum atomic E-state index is 10.5. The average molecular weight is 549 g/mol. The van der Waals surface area contributed by atoms with Gasteiger partial charge in [-0.15, -0.1) is 0 Å². The Morgan fingerprint density at radius 2 is 1.71 bits per heavy atom. The molecule has 0 amide bonds. The van der Waals surface area contributed by atoms with Crippen LogP contribution in [0.2, 0.25) is 0 Å². The molecule has 0 bridgehead atoms. The smallest absolute Gasteiger partial charge is 0.162 e. The van der Waals surface area contributed by atoms with Crippen LogP contribution in [0.25, 0.3) is 10.9 Å². The molecule has 1 fully saturated rings. The molecule has 1 aromatic heterocycles. The topological polar surface area (TPSA) is 67.7 Å². The van der Waals surface area contributed by atoms with E-state index in [0.717, 1.165) is 29.7 Å². The molecule has 1 aliphatic heterocycles. The van der Waals surface area contributed by atoms with Crippen molar-refractivity contribution < 1.29 is 35.6 Å². The van der Waals surface area contributed by atoms with E-state index in [-0.39, 0.29) is 27.0 Å². The largest absolute Gasteiger partial charge is 0.493 e. The quantitative estimate of drug-likeness (QED) is 0.540. The van der Waals surface area contributed by atoms with Gasteiger partial charge in [0.05, 0.1) is 25.8 Å². The van der Waals surface area contributed by atoms with Gasteiger partial charge in [-0.1, -0.05) is 30.3 Å². The summed E-state index contributed by atoms with van der Waals surface area (Å²) in [7, 11) is 3.22. The molecule has 4 rings (SSSR count). The number of aromatic nitrogens is 2. The molecule has 6 nitrogen and oxygen atoms in total. The van der Waals surface area contributed by atoms with Crippen molar-refractivity contribution in [2.24, 2.45) is 0 Å². The molecule has 146 valence electrons. The molecule has 2 atom stereocenters. The Morgan fingerprint density at radius 3 is 2.43 bits per heavy atom. The molecule has 28 heavy (non-hydrogen) atoms. The van der Waals surface area contributed by atoms with Crippen molar-refractivity contribution in [2.45, 2.75) is 18.4 Å². The minimum Gasteiger partial charge on any atom is -0.493 e. The van der Waals surface area contributed by atoms with Crippen LogP contribution in [0.1, 0.15) is 17.9 Å². The van der Waals surface area contributed by atoms with Gasteiger partial charge < -0.3 is 19.5 Å². The van der Waals surface area contributed by atoms with Gasteiger partial charge in [0.15, 0.2) is 11.5 Å². The standard InChI is InChI=1S/C21H23N3O3.W/c1-26-19-9-17-18(10-20(19)27-2)22-13-23-21(17)24-11-15(8-16(25)12-24)14-6-4-3-5-7-14;/h3-7,9-10,13,15-16,25H,8,11-12H2,1-2H3;. The summed E-state index contributed by atoms with van der Waals surface area (Å²) in [4.78, 5) is 11.1. The van der Waals surface area contributed by atoms with E-state index in [1.54, 1.807) is 20.5 Å². The molecule has 0 spiro atoms. The number of piperidine rings is 1. The second kappa shape index (κ2) is 8.89. The van der Waals surface area contributed by atoms with E-state index >= 15 is 0 Å². The minimum atomic E-state index is -0.408. The van der Waals surface area contributed by atoms with Crippen LogP contribution < -0.4 is 14.4 Å². The number of hydrogen-bond donors (Lipinski definition) is 1. The second-order valence-corrected chi connectivity index (χ2v) is 6.82. The Labute approximate surface area is 178 Å². The number of benzene rings is 2. The molecule has 1 aliphatic rings. The van der Waals surface area contributed by atoms with E-state index in [2.05, 4.69) is 27.0 Å². The third-order valence-corrected chi connectivity index (χ3v) is 5.12. The summed E-state index contributed by atoms with van der Waals surface area (Å²) in [5, 5.41) is 11.4. The summed E-state index contributed by atoms with van der Waals surface area (Å²) < 4.78 is 10.8. The Kier molecular flexibility index (Phi) is 6.53. The van der Waals surface area contributed by atoms with Crippen LogP contribution in [-0.2, 0) is 21.1 Å². The fraction of sp³-hybridized carbons (Fsp3) is 0.333. The molecule has 2 heterocycles. The van der Waals surface area contributed by atoms with Crippen molar-refractivity contribution in [1.82, 2.24) is 9.97 Å². The summed E-state index contributed by atoms with van der Waals surface area (Å²) in [6.45, 7) is 1.34. The zero-order valence-corrected chi connectivity index (χ0v) is 18.8. The first-order valence-electron chi connectivity index (χ1n) is 9.04. The van der Waals surface area contributed by atoms with Crippen LogP contribution in [0.5, 0.6) is 11.5 Å². The van der Waals surface area contributed by atoms with Crippen molar-refractivity contribution in [2.75, 3.05) is 32.2 Å². The number of aliphatic hydroxyl groups excluding tert-OH is 1. The molecule has 2 aromatic carbocycles. The first kappa shape index (κ1) is 20.6. The van der Waals surface area contributed by atoms with E-state index in [4.69, 9.17) is 9.47 Å². The molecular formula is C21H23N3O3W. The number of hydrogen-bond acceptors (Lipinski definition) is 6. The molecule has 1 saturated heterocycles. The van der Waals surface area contributed by atoms with Crippen molar-refractivity contribution >= 4 is 16.7 Å². The first-order valence-corrected chi connectivity index (χ1v) is 9.04. The molecule has 3 aromatic rings. The number of anilines is 1. The van der Waals surface area contributed by atoms with Gasteiger partial charge in [-0.2, -0.15) is 0 Å². The van der Waals surface area contributed by atoms with Gasteiger partial charge in [0.1, 0.15) is 12.1 Å². The van der Waals surface area contributed by atoms with Crippen molar-refractivity contribution in [1.29, 1.82) is 0 Å². The predicted molar refractivity (Wildman–Crippen MR) is 105 cm³/mol. The summed E-state index contributed by atoms with van der Waals surface area (Å²) in [6, 6.07) is 14.1. The Hall–Kier alpha value is -2.17. The number of ether oxygens (including phenoxy) is 2. The van der Waals surface area contributed by atoms with E-state index in [1.165, 1.54) is 5.56 Å². The van der Waals surface area contributed by atoms with Gasteiger partial charge in [0.25, 0.3) is 0 Å². The van der Waals surface area contributed by atoms with Crippen molar-refractivity contribution in [3.63, 3.8) is 0 Å². The van der Waals surface area contributed by atoms with Gasteiger partial charge in [0.2, 0.25) is 0 Å². The fourth-order valence-electron chi connectivity index (χ4n) is 3.83. The molecular weight excluding hydrogens is 526 g/mol. The molecule has 7 heteroatoms. The third-order valence-electron chi connectivity index (χ3n) is 5.12. The predicted octanol–water partition coefficient (Wildman–Crippen LogP) is 3.00. The number of methoxy groups -OCH3 is 2. The molecule has 0 radical (unpaired) electrons. The van der Waals surface area contributed by atoms with Gasteiger partial charge >= 0.3 is 0 Å². The van der Waals surface area contributed by atoms with Gasteiger partial charge in [-0.25, -0.2) is 9.97 Å². The Bertz CT molecular complexity index is 939. The molecule has 1 N–H and O–H groups in total. The number of β-amino-alcohol motifs (C(OH)–C–C–N with tert-alkyl or cyclic N) is 1. The van der Waals surface area contributed by atoms with E-state index in [1.807, 2.05) is 30.3 Å². The van der Waals surface area contributed by atoms with Crippen LogP contribution >= 0.6 is 0 Å². The molecule has 2 unspecified atom stereocenters. The molecule has 0 aliphatic carbocycles. The summed E-state index contributed by atoms with van der Waals surface area (Å²) in [5.74, 6) is 2.33. The van der Waals surface area contributed by atoms with Crippen LogP contribution in [0.15, 0.2) is 48.8 Å². The second-order valence-electron chi connectivity index (χ2n) is 6.82. The maximum Gasteiger partial charge on any atom is 0.162 e. The van der Waals surface area contributed by atoms with Gasteiger partial charge in [0, 0.05) is 51.5 Å². The number of aliphatic hydroxyl groups is 1. The normalized spacial score (nSPS) is 19.2. The number of fused-ring (bicyclic) bond motifs is 1. The summed E-state index contributed by atoms with van der Waals surface area (Å²) >= 11 is 0. The van der Waals surface area contributed by atoms with Crippen molar-refractivity contribution in [3.8, 4) is 11.5 Å². The summed E-state index contributed by atoms with van der Waals surface area (Å²) in [6.07, 6.45) is 1.90. The number of nitrogens with zero attached hydrogens (tertiary/aromatic N) is 3. The van der Waals surface area contributed by atoms with E-state index < -0.39 is 6.10 Å². The van der Waals surface area contributed by atoms with Crippen LogP contribution in [0, 0.1) is 0 Å². The van der Waals surface area contributed by atoms with Crippen molar-refractivity contribution in [3.05, 3.63) is 54.4 Å². The van der Waals surface area contributed by atoms with Crippen LogP contribution in [0.4, 0.5) is 5.82 Å². The summed E-state index contributed by atoms with van der Waals surface area (Å²) in [5.41, 5.74) is 2.02. The van der Waals surface area contributed by atoms with Gasteiger partial charge in [-0.05, 0) is 18.1 Å². The van der Waals surface area contributed by atoms with Gasteiger partial charge in [-0.3, -0.25) is 0 Å². The SMILES string of the molecule is COc1cc2ncnc(N3CC(O)CC(c4ccccc4)C3)c2cc1OC.[W]. The minimum absolute atomic E-state index is 0. The Balaban J connectivity index is 0.00000225. The Morgan fingerprint density at radius 1 is 1.00 bits per heavy atom. The van der Waals surface area contributed by atoms with Crippen LogP contribution in [0.3, 0.4) is 0 Å². The van der Waals surface area contributed by atoms with E-state index in [9.17, 15) is 5.11 Å². The van der Waals surface area contributed by atoms with Crippen LogP contribution in [-0.4, -0.2) is 48.5 Å². The maximum absolute atomic E-state index is 10.5. The monoisotopic (exact) mass is 549 g/mol.